The SMILES string of the molecule is O=C(O)COC1CC(OCc2ccccc2)C1. The smallest absolute Gasteiger partial charge is 0.329 e. The highest BCUT2D eigenvalue weighted by Gasteiger charge is 2.30. The molecule has 2 rings (SSSR count). The summed E-state index contributed by atoms with van der Waals surface area (Å²) in [5.41, 5.74) is 1.16. The number of benzene rings is 1. The van der Waals surface area contributed by atoms with Gasteiger partial charge in [0.25, 0.3) is 0 Å². The third-order valence-electron chi connectivity index (χ3n) is 2.82. The van der Waals surface area contributed by atoms with Crippen LogP contribution in [0.15, 0.2) is 30.3 Å². The first-order chi connectivity index (χ1) is 8.24. The average molecular weight is 236 g/mol. The Morgan fingerprint density at radius 3 is 2.47 bits per heavy atom. The lowest BCUT2D eigenvalue weighted by Gasteiger charge is -2.34. The number of rotatable bonds is 6. The largest absolute Gasteiger partial charge is 0.480 e. The van der Waals surface area contributed by atoms with Crippen molar-refractivity contribution >= 4 is 5.97 Å². The Hall–Kier alpha value is -1.39. The first kappa shape index (κ1) is 12.1. The van der Waals surface area contributed by atoms with E-state index in [0.29, 0.717) is 6.61 Å². The van der Waals surface area contributed by atoms with Crippen LogP contribution in [0.2, 0.25) is 0 Å². The highest BCUT2D eigenvalue weighted by atomic mass is 16.5. The first-order valence-corrected chi connectivity index (χ1v) is 5.73. The van der Waals surface area contributed by atoms with E-state index in [1.807, 2.05) is 30.3 Å². The van der Waals surface area contributed by atoms with E-state index in [9.17, 15) is 4.79 Å². The van der Waals surface area contributed by atoms with Crippen LogP contribution in [0.25, 0.3) is 0 Å². The topological polar surface area (TPSA) is 55.8 Å². The van der Waals surface area contributed by atoms with E-state index in [4.69, 9.17) is 14.6 Å². The minimum atomic E-state index is -0.918. The number of carbonyl (C=O) groups is 1. The molecule has 0 radical (unpaired) electrons. The number of ether oxygens (including phenoxy) is 2. The van der Waals surface area contributed by atoms with Gasteiger partial charge in [-0.25, -0.2) is 4.79 Å². The highest BCUT2D eigenvalue weighted by molar-refractivity contribution is 5.68. The molecular formula is C13H16O4. The second-order valence-electron chi connectivity index (χ2n) is 4.22. The van der Waals surface area contributed by atoms with Gasteiger partial charge in [0.2, 0.25) is 0 Å². The third kappa shape index (κ3) is 3.84. The zero-order valence-electron chi connectivity index (χ0n) is 9.54. The molecule has 0 bridgehead atoms. The maximum atomic E-state index is 10.3. The fraction of sp³-hybridized carbons (Fsp3) is 0.462. The van der Waals surface area contributed by atoms with Crippen LogP contribution in [0.1, 0.15) is 18.4 Å². The van der Waals surface area contributed by atoms with Gasteiger partial charge in [0, 0.05) is 0 Å². The van der Waals surface area contributed by atoms with Gasteiger partial charge in [-0.3, -0.25) is 0 Å². The van der Waals surface area contributed by atoms with E-state index in [-0.39, 0.29) is 18.8 Å². The summed E-state index contributed by atoms with van der Waals surface area (Å²) in [5.74, 6) is -0.918. The Kier molecular flexibility index (Phi) is 4.12. The summed E-state index contributed by atoms with van der Waals surface area (Å²) in [6, 6.07) is 9.99. The lowest BCUT2D eigenvalue weighted by atomic mass is 9.92. The minimum Gasteiger partial charge on any atom is -0.480 e. The summed E-state index contributed by atoms with van der Waals surface area (Å²) in [6.45, 7) is 0.396. The molecule has 1 fully saturated rings. The summed E-state index contributed by atoms with van der Waals surface area (Å²) in [4.78, 5) is 10.3. The number of aliphatic carboxylic acids is 1. The Morgan fingerprint density at radius 2 is 1.82 bits per heavy atom. The van der Waals surface area contributed by atoms with Crippen molar-refractivity contribution in [1.29, 1.82) is 0 Å². The summed E-state index contributed by atoms with van der Waals surface area (Å²) in [7, 11) is 0. The molecule has 0 unspecified atom stereocenters. The minimum absolute atomic E-state index is 0.0480. The fourth-order valence-electron chi connectivity index (χ4n) is 1.77. The molecule has 0 heterocycles. The van der Waals surface area contributed by atoms with E-state index in [1.54, 1.807) is 0 Å². The van der Waals surface area contributed by atoms with Crippen molar-refractivity contribution in [3.63, 3.8) is 0 Å². The van der Waals surface area contributed by atoms with Crippen LogP contribution >= 0.6 is 0 Å². The van der Waals surface area contributed by atoms with E-state index < -0.39 is 5.97 Å². The lowest BCUT2D eigenvalue weighted by Crippen LogP contribution is -2.38. The van der Waals surface area contributed by atoms with Crippen LogP contribution in [0.4, 0.5) is 0 Å². The molecule has 1 N–H and O–H groups in total. The van der Waals surface area contributed by atoms with Crippen molar-refractivity contribution in [1.82, 2.24) is 0 Å². The molecule has 1 aliphatic rings. The second kappa shape index (κ2) is 5.80. The van der Waals surface area contributed by atoms with E-state index in [2.05, 4.69) is 0 Å². The van der Waals surface area contributed by atoms with Crippen molar-refractivity contribution in [2.45, 2.75) is 31.7 Å². The molecule has 1 aliphatic carbocycles. The summed E-state index contributed by atoms with van der Waals surface area (Å²) in [6.07, 6.45) is 1.83. The van der Waals surface area contributed by atoms with Crippen LogP contribution in [0.5, 0.6) is 0 Å². The molecule has 0 saturated heterocycles. The van der Waals surface area contributed by atoms with Gasteiger partial charge in [0.05, 0.1) is 18.8 Å². The van der Waals surface area contributed by atoms with Gasteiger partial charge in [-0.2, -0.15) is 0 Å². The van der Waals surface area contributed by atoms with Crippen molar-refractivity contribution in [3.05, 3.63) is 35.9 Å². The maximum Gasteiger partial charge on any atom is 0.329 e. The normalized spacial score (nSPS) is 23.1. The summed E-state index contributed by atoms with van der Waals surface area (Å²) >= 11 is 0. The molecule has 0 aromatic heterocycles. The molecule has 92 valence electrons. The quantitative estimate of drug-likeness (QED) is 0.818. The van der Waals surface area contributed by atoms with E-state index >= 15 is 0 Å². The van der Waals surface area contributed by atoms with Crippen LogP contribution < -0.4 is 0 Å². The van der Waals surface area contributed by atoms with Crippen LogP contribution in [0, 0.1) is 0 Å². The maximum absolute atomic E-state index is 10.3. The monoisotopic (exact) mass is 236 g/mol. The van der Waals surface area contributed by atoms with E-state index in [1.165, 1.54) is 0 Å². The van der Waals surface area contributed by atoms with Crippen molar-refractivity contribution in [2.75, 3.05) is 6.61 Å². The molecule has 1 saturated carbocycles. The van der Waals surface area contributed by atoms with Crippen LogP contribution in [-0.4, -0.2) is 29.9 Å². The Labute approximate surface area is 100 Å². The molecule has 0 spiro atoms. The standard InChI is InChI=1S/C13H16O4/c14-13(15)9-17-12-6-11(7-12)16-8-10-4-2-1-3-5-10/h1-5,11-12H,6-9H2,(H,14,15). The number of hydrogen-bond acceptors (Lipinski definition) is 3. The van der Waals surface area contributed by atoms with Gasteiger partial charge in [-0.15, -0.1) is 0 Å². The number of carboxylic acids is 1. The van der Waals surface area contributed by atoms with Crippen LogP contribution in [-0.2, 0) is 20.9 Å². The zero-order valence-corrected chi connectivity index (χ0v) is 9.54. The molecule has 0 atom stereocenters. The Bertz CT molecular complexity index is 357. The molecule has 4 heteroatoms. The molecular weight excluding hydrogens is 220 g/mol. The van der Waals surface area contributed by atoms with Gasteiger partial charge >= 0.3 is 5.97 Å². The number of hydrogen-bond donors (Lipinski definition) is 1. The Morgan fingerprint density at radius 1 is 1.18 bits per heavy atom. The molecule has 0 amide bonds. The average Bonchev–Trinajstić information content (AvgIpc) is 2.27. The van der Waals surface area contributed by atoms with Crippen LogP contribution in [0.3, 0.4) is 0 Å². The van der Waals surface area contributed by atoms with Crippen molar-refractivity contribution in [3.8, 4) is 0 Å². The fourth-order valence-corrected chi connectivity index (χ4v) is 1.77. The molecule has 1 aromatic rings. The van der Waals surface area contributed by atoms with Crippen molar-refractivity contribution in [2.24, 2.45) is 0 Å². The summed E-state index contributed by atoms with van der Waals surface area (Å²) in [5, 5.41) is 8.44. The predicted octanol–water partition coefficient (Wildman–Crippen LogP) is 1.84. The lowest BCUT2D eigenvalue weighted by molar-refractivity contribution is -0.153. The summed E-state index contributed by atoms with van der Waals surface area (Å²) < 4.78 is 10.8. The zero-order chi connectivity index (χ0) is 12.1. The van der Waals surface area contributed by atoms with E-state index in [0.717, 1.165) is 18.4 Å². The van der Waals surface area contributed by atoms with Gasteiger partial charge < -0.3 is 14.6 Å². The number of carboxylic acid groups (broad SMARTS) is 1. The molecule has 1 aromatic carbocycles. The molecule has 17 heavy (non-hydrogen) atoms. The highest BCUT2D eigenvalue weighted by Crippen LogP contribution is 2.27. The first-order valence-electron chi connectivity index (χ1n) is 5.73. The van der Waals surface area contributed by atoms with Gasteiger partial charge in [0.15, 0.2) is 0 Å². The predicted molar refractivity (Wildman–Crippen MR) is 61.6 cm³/mol. The Balaban J connectivity index is 1.60. The van der Waals surface area contributed by atoms with Gasteiger partial charge in [-0.1, -0.05) is 30.3 Å². The third-order valence-corrected chi connectivity index (χ3v) is 2.82. The van der Waals surface area contributed by atoms with Gasteiger partial charge in [0.1, 0.15) is 6.61 Å². The van der Waals surface area contributed by atoms with Gasteiger partial charge in [-0.05, 0) is 18.4 Å². The second-order valence-corrected chi connectivity index (χ2v) is 4.22. The van der Waals surface area contributed by atoms with Crippen molar-refractivity contribution < 1.29 is 19.4 Å². The molecule has 4 nitrogen and oxygen atoms in total. The molecule has 0 aliphatic heterocycles.